The summed E-state index contributed by atoms with van der Waals surface area (Å²) in [6.07, 6.45) is 3.19. The zero-order valence-corrected chi connectivity index (χ0v) is 12.4. The Hall–Kier alpha value is -1.02. The molecule has 102 valence electrons. The van der Waals surface area contributed by atoms with Crippen LogP contribution in [-0.4, -0.2) is 12.1 Å². The molecule has 0 aliphatic heterocycles. The summed E-state index contributed by atoms with van der Waals surface area (Å²) >= 11 is 0. The smallest absolute Gasteiger partial charge is 0.123 e. The normalized spacial score (nSPS) is 14.3. The molecule has 0 aliphatic rings. The zero-order valence-electron chi connectivity index (χ0n) is 12.4. The highest BCUT2D eigenvalue weighted by atomic mass is 16.5. The van der Waals surface area contributed by atoms with Crippen LogP contribution in [0.4, 0.5) is 0 Å². The van der Waals surface area contributed by atoms with Gasteiger partial charge in [-0.15, -0.1) is 0 Å². The summed E-state index contributed by atoms with van der Waals surface area (Å²) in [6.45, 7) is 10.6. The molecule has 0 amide bonds. The Bertz CT molecular complexity index is 387. The minimum Gasteiger partial charge on any atom is -0.489 e. The summed E-state index contributed by atoms with van der Waals surface area (Å²) in [7, 11) is 0. The monoisotopic (exact) mass is 249 g/mol. The third-order valence-electron chi connectivity index (χ3n) is 3.54. The van der Waals surface area contributed by atoms with E-state index in [1.54, 1.807) is 0 Å². The molecule has 1 rings (SSSR count). The summed E-state index contributed by atoms with van der Waals surface area (Å²) < 4.78 is 6.15. The van der Waals surface area contributed by atoms with Gasteiger partial charge in [-0.1, -0.05) is 26.3 Å². The van der Waals surface area contributed by atoms with Gasteiger partial charge in [0, 0.05) is 6.04 Å². The molecule has 0 saturated carbocycles. The molecular formula is C16H27NO. The largest absolute Gasteiger partial charge is 0.489 e. The fourth-order valence-corrected chi connectivity index (χ4v) is 2.28. The van der Waals surface area contributed by atoms with Crippen molar-refractivity contribution in [2.75, 3.05) is 0 Å². The third kappa shape index (κ3) is 3.74. The fraction of sp³-hybridized carbons (Fsp3) is 0.625. The molecule has 18 heavy (non-hydrogen) atoms. The van der Waals surface area contributed by atoms with E-state index in [0.717, 1.165) is 25.0 Å². The van der Waals surface area contributed by atoms with Crippen LogP contribution < -0.4 is 10.5 Å². The van der Waals surface area contributed by atoms with Gasteiger partial charge in [0.15, 0.2) is 0 Å². The highest BCUT2D eigenvalue weighted by molar-refractivity contribution is 5.42. The van der Waals surface area contributed by atoms with Gasteiger partial charge in [-0.2, -0.15) is 0 Å². The molecule has 0 spiro atoms. The van der Waals surface area contributed by atoms with Crippen LogP contribution in [0.15, 0.2) is 12.1 Å². The first-order valence-corrected chi connectivity index (χ1v) is 6.99. The summed E-state index contributed by atoms with van der Waals surface area (Å²) in [5.74, 6) is 0.992. The topological polar surface area (TPSA) is 35.2 Å². The lowest BCUT2D eigenvalue weighted by atomic mass is 10.0. The number of aryl methyl sites for hydroxylation is 2. The number of ether oxygens (including phenoxy) is 1. The van der Waals surface area contributed by atoms with E-state index >= 15 is 0 Å². The highest BCUT2D eigenvalue weighted by Gasteiger charge is 2.18. The maximum atomic E-state index is 6.19. The summed E-state index contributed by atoms with van der Waals surface area (Å²) in [5.41, 5.74) is 9.94. The Morgan fingerprint density at radius 1 is 1.17 bits per heavy atom. The maximum Gasteiger partial charge on any atom is 0.123 e. The quantitative estimate of drug-likeness (QED) is 0.830. The van der Waals surface area contributed by atoms with Gasteiger partial charge in [-0.25, -0.2) is 0 Å². The SMILES string of the molecule is CCCC(N)C(CC)Oc1cc(C)cc(C)c1C. The molecular weight excluding hydrogens is 222 g/mol. The van der Waals surface area contributed by atoms with E-state index in [0.29, 0.717) is 0 Å². The van der Waals surface area contributed by atoms with Crippen LogP contribution in [0, 0.1) is 20.8 Å². The molecule has 0 aromatic heterocycles. The predicted octanol–water partition coefficient (Wildman–Crippen LogP) is 3.90. The number of hydrogen-bond donors (Lipinski definition) is 1. The number of rotatable bonds is 6. The van der Waals surface area contributed by atoms with E-state index < -0.39 is 0 Å². The van der Waals surface area contributed by atoms with Gasteiger partial charge in [0.2, 0.25) is 0 Å². The molecule has 2 heteroatoms. The molecule has 0 saturated heterocycles. The van der Waals surface area contributed by atoms with E-state index in [2.05, 4.69) is 46.8 Å². The molecule has 2 atom stereocenters. The number of benzene rings is 1. The molecule has 0 fully saturated rings. The van der Waals surface area contributed by atoms with E-state index in [9.17, 15) is 0 Å². The van der Waals surface area contributed by atoms with Crippen molar-refractivity contribution in [3.05, 3.63) is 28.8 Å². The Labute approximate surface area is 112 Å². The van der Waals surface area contributed by atoms with Crippen molar-refractivity contribution in [2.24, 2.45) is 5.73 Å². The molecule has 0 bridgehead atoms. The van der Waals surface area contributed by atoms with E-state index in [-0.39, 0.29) is 12.1 Å². The molecule has 1 aromatic carbocycles. The second-order valence-electron chi connectivity index (χ2n) is 5.22. The van der Waals surface area contributed by atoms with E-state index in [1.165, 1.54) is 16.7 Å². The fourth-order valence-electron chi connectivity index (χ4n) is 2.28. The lowest BCUT2D eigenvalue weighted by Crippen LogP contribution is -2.38. The summed E-state index contributed by atoms with van der Waals surface area (Å²) in [6, 6.07) is 4.43. The van der Waals surface area contributed by atoms with E-state index in [4.69, 9.17) is 10.5 Å². The first-order chi connectivity index (χ1) is 8.49. The molecule has 1 aromatic rings. The Balaban J connectivity index is 2.88. The van der Waals surface area contributed by atoms with Crippen LogP contribution in [-0.2, 0) is 0 Å². The standard InChI is InChI=1S/C16H27NO/c1-6-8-14(17)15(7-2)18-16-10-11(3)9-12(4)13(16)5/h9-10,14-15H,6-8,17H2,1-5H3. The first kappa shape index (κ1) is 15.0. The van der Waals surface area contributed by atoms with Gasteiger partial charge in [0.25, 0.3) is 0 Å². The molecule has 2 N–H and O–H groups in total. The minimum atomic E-state index is 0.116. The second-order valence-corrected chi connectivity index (χ2v) is 5.22. The van der Waals surface area contributed by atoms with Crippen LogP contribution in [0.25, 0.3) is 0 Å². The minimum absolute atomic E-state index is 0.116. The molecule has 0 aliphatic carbocycles. The van der Waals surface area contributed by atoms with Crippen LogP contribution >= 0.6 is 0 Å². The Kier molecular flexibility index (Phi) is 5.67. The van der Waals surface area contributed by atoms with Crippen LogP contribution in [0.5, 0.6) is 5.75 Å². The average molecular weight is 249 g/mol. The van der Waals surface area contributed by atoms with Gasteiger partial charge >= 0.3 is 0 Å². The number of nitrogens with two attached hydrogens (primary N) is 1. The zero-order chi connectivity index (χ0) is 13.7. The maximum absolute atomic E-state index is 6.19. The van der Waals surface area contributed by atoms with E-state index in [1.807, 2.05) is 0 Å². The van der Waals surface area contributed by atoms with Crippen molar-refractivity contribution in [3.63, 3.8) is 0 Å². The molecule has 0 radical (unpaired) electrons. The molecule has 2 unspecified atom stereocenters. The Morgan fingerprint density at radius 3 is 2.39 bits per heavy atom. The lowest BCUT2D eigenvalue weighted by molar-refractivity contribution is 0.160. The van der Waals surface area contributed by atoms with Crippen LogP contribution in [0.2, 0.25) is 0 Å². The van der Waals surface area contributed by atoms with Crippen molar-refractivity contribution in [1.82, 2.24) is 0 Å². The van der Waals surface area contributed by atoms with Crippen molar-refractivity contribution >= 4 is 0 Å². The molecule has 0 heterocycles. The Morgan fingerprint density at radius 2 is 1.83 bits per heavy atom. The predicted molar refractivity (Wildman–Crippen MR) is 78.2 cm³/mol. The first-order valence-electron chi connectivity index (χ1n) is 6.99. The van der Waals surface area contributed by atoms with Gasteiger partial charge in [-0.3, -0.25) is 0 Å². The van der Waals surface area contributed by atoms with Crippen LogP contribution in [0.3, 0.4) is 0 Å². The van der Waals surface area contributed by atoms with Crippen molar-refractivity contribution < 1.29 is 4.74 Å². The highest BCUT2D eigenvalue weighted by Crippen LogP contribution is 2.25. The number of hydrogen-bond acceptors (Lipinski definition) is 2. The summed E-state index contributed by atoms with van der Waals surface area (Å²) in [5, 5.41) is 0. The van der Waals surface area contributed by atoms with Gasteiger partial charge in [-0.05, 0) is 56.4 Å². The van der Waals surface area contributed by atoms with Crippen molar-refractivity contribution in [3.8, 4) is 5.75 Å². The molecule has 2 nitrogen and oxygen atoms in total. The average Bonchev–Trinajstić information content (AvgIpc) is 2.32. The summed E-state index contributed by atoms with van der Waals surface area (Å²) in [4.78, 5) is 0. The van der Waals surface area contributed by atoms with Crippen molar-refractivity contribution in [1.29, 1.82) is 0 Å². The third-order valence-corrected chi connectivity index (χ3v) is 3.54. The van der Waals surface area contributed by atoms with Gasteiger partial charge in [0.05, 0.1) is 0 Å². The van der Waals surface area contributed by atoms with Crippen molar-refractivity contribution in [2.45, 2.75) is 66.0 Å². The second kappa shape index (κ2) is 6.79. The van der Waals surface area contributed by atoms with Crippen LogP contribution in [0.1, 0.15) is 49.8 Å². The van der Waals surface area contributed by atoms with Gasteiger partial charge in [0.1, 0.15) is 11.9 Å². The lowest BCUT2D eigenvalue weighted by Gasteiger charge is -2.25. The van der Waals surface area contributed by atoms with Gasteiger partial charge < -0.3 is 10.5 Å².